The van der Waals surface area contributed by atoms with Crippen molar-refractivity contribution in [2.45, 2.75) is 39.7 Å². The van der Waals surface area contributed by atoms with Crippen molar-refractivity contribution in [2.24, 2.45) is 0 Å². The van der Waals surface area contributed by atoms with Gasteiger partial charge in [0.05, 0.1) is 5.69 Å². The molecule has 112 valence electrons. The molecule has 0 amide bonds. The molecule has 1 heterocycles. The van der Waals surface area contributed by atoms with Gasteiger partial charge in [-0.2, -0.15) is 0 Å². The summed E-state index contributed by atoms with van der Waals surface area (Å²) in [4.78, 5) is 12.3. The Bertz CT molecular complexity index is 653. The van der Waals surface area contributed by atoms with Gasteiger partial charge in [-0.3, -0.25) is 4.57 Å². The zero-order valence-electron chi connectivity index (χ0n) is 12.8. The highest BCUT2D eigenvalue weighted by Gasteiger charge is 2.20. The van der Waals surface area contributed by atoms with Crippen LogP contribution in [-0.4, -0.2) is 16.3 Å². The Morgan fingerprint density at radius 1 is 1.29 bits per heavy atom. The van der Waals surface area contributed by atoms with Crippen LogP contribution in [0.2, 0.25) is 0 Å². The Morgan fingerprint density at radius 2 is 2.00 bits per heavy atom. The maximum absolute atomic E-state index is 12.3. The molecule has 0 N–H and O–H groups in total. The molecule has 0 saturated heterocycles. The Hall–Kier alpha value is -1.55. The third kappa shape index (κ3) is 3.97. The lowest BCUT2D eigenvalue weighted by atomic mass is 10.1. The first kappa shape index (κ1) is 15.8. The fourth-order valence-electron chi connectivity index (χ4n) is 2.07. The topological polar surface area (TPSA) is 31.2 Å². The van der Waals surface area contributed by atoms with E-state index in [2.05, 4.69) is 35.0 Å². The molecule has 0 spiro atoms. The minimum absolute atomic E-state index is 0.370. The van der Waals surface area contributed by atoms with E-state index in [9.17, 15) is 4.79 Å². The molecule has 1 aromatic heterocycles. The Morgan fingerprint density at radius 3 is 2.62 bits per heavy atom. The molecule has 3 nitrogen and oxygen atoms in total. The largest absolute Gasteiger partial charge is 0.443 e. The van der Waals surface area contributed by atoms with E-state index in [1.165, 1.54) is 5.56 Å². The molecule has 0 unspecified atom stereocenters. The summed E-state index contributed by atoms with van der Waals surface area (Å²) in [6, 6.07) is 10.1. The number of aryl methyl sites for hydroxylation is 1. The first-order chi connectivity index (χ1) is 9.80. The summed E-state index contributed by atoms with van der Waals surface area (Å²) in [6.45, 7) is 7.70. The van der Waals surface area contributed by atoms with E-state index < -0.39 is 5.60 Å². The van der Waals surface area contributed by atoms with Crippen LogP contribution in [0.15, 0.2) is 41.0 Å². The van der Waals surface area contributed by atoms with Gasteiger partial charge in [0.1, 0.15) is 5.60 Å². The number of nitrogens with zero attached hydrogens (tertiary/aromatic N) is 1. The van der Waals surface area contributed by atoms with Crippen LogP contribution >= 0.6 is 15.9 Å². The monoisotopic (exact) mass is 349 g/mol. The number of carbonyl (C=O) groups excluding carboxylic acids is 1. The molecule has 0 bridgehead atoms. The molecule has 0 radical (unpaired) electrons. The fourth-order valence-corrected chi connectivity index (χ4v) is 2.49. The van der Waals surface area contributed by atoms with E-state index in [1.807, 2.05) is 39.0 Å². The zero-order chi connectivity index (χ0) is 15.6. The number of hydrogen-bond donors (Lipinski definition) is 0. The summed E-state index contributed by atoms with van der Waals surface area (Å²) in [5.41, 5.74) is 2.55. The minimum atomic E-state index is -0.517. The highest BCUT2D eigenvalue weighted by Crippen LogP contribution is 2.27. The quantitative estimate of drug-likeness (QED) is 0.739. The van der Waals surface area contributed by atoms with Crippen molar-refractivity contribution < 1.29 is 9.53 Å². The third-order valence-corrected chi connectivity index (χ3v) is 3.44. The van der Waals surface area contributed by atoms with Gasteiger partial charge in [-0.05, 0) is 66.4 Å². The fraction of sp³-hybridized carbons (Fsp3) is 0.353. The number of carbonyl (C=O) groups is 1. The van der Waals surface area contributed by atoms with E-state index in [0.29, 0.717) is 0 Å². The highest BCUT2D eigenvalue weighted by atomic mass is 79.9. The van der Waals surface area contributed by atoms with Crippen LogP contribution in [0.3, 0.4) is 0 Å². The maximum Gasteiger partial charge on any atom is 0.419 e. The SMILES string of the molecule is CCc1cccc(-c2cc(Br)cn2C(=O)OC(C)(C)C)c1. The molecule has 0 atom stereocenters. The van der Waals surface area contributed by atoms with Crippen molar-refractivity contribution in [1.82, 2.24) is 4.57 Å². The molecule has 1 aromatic carbocycles. The molecular formula is C17H20BrNO2. The molecule has 4 heteroatoms. The van der Waals surface area contributed by atoms with Crippen molar-refractivity contribution >= 4 is 22.0 Å². The molecule has 2 aromatic rings. The molecule has 0 aliphatic heterocycles. The van der Waals surface area contributed by atoms with E-state index in [-0.39, 0.29) is 6.09 Å². The molecule has 0 saturated carbocycles. The van der Waals surface area contributed by atoms with Gasteiger partial charge in [-0.15, -0.1) is 0 Å². The first-order valence-electron chi connectivity index (χ1n) is 7.00. The molecule has 0 aliphatic rings. The van der Waals surface area contributed by atoms with Crippen LogP contribution in [-0.2, 0) is 11.2 Å². The summed E-state index contributed by atoms with van der Waals surface area (Å²) in [6.07, 6.45) is 2.33. The van der Waals surface area contributed by atoms with Gasteiger partial charge in [-0.1, -0.05) is 25.1 Å². The Labute approximate surface area is 134 Å². The number of rotatable bonds is 2. The van der Waals surface area contributed by atoms with Crippen LogP contribution in [0.4, 0.5) is 4.79 Å². The predicted molar refractivity (Wildman–Crippen MR) is 88.6 cm³/mol. The zero-order valence-corrected chi connectivity index (χ0v) is 14.4. The van der Waals surface area contributed by atoms with Gasteiger partial charge in [-0.25, -0.2) is 4.79 Å². The predicted octanol–water partition coefficient (Wildman–Crippen LogP) is 5.26. The lowest BCUT2D eigenvalue weighted by Gasteiger charge is -2.20. The minimum Gasteiger partial charge on any atom is -0.443 e. The second-order valence-electron chi connectivity index (χ2n) is 5.95. The molecule has 0 aliphatic carbocycles. The van der Waals surface area contributed by atoms with Gasteiger partial charge in [0.2, 0.25) is 0 Å². The van der Waals surface area contributed by atoms with Crippen molar-refractivity contribution in [3.8, 4) is 11.3 Å². The summed E-state index contributed by atoms with van der Waals surface area (Å²) in [7, 11) is 0. The van der Waals surface area contributed by atoms with Crippen LogP contribution in [0.1, 0.15) is 33.3 Å². The van der Waals surface area contributed by atoms with Gasteiger partial charge >= 0.3 is 6.09 Å². The molecular weight excluding hydrogens is 330 g/mol. The maximum atomic E-state index is 12.3. The summed E-state index contributed by atoms with van der Waals surface area (Å²) in [5, 5.41) is 0. The van der Waals surface area contributed by atoms with Crippen LogP contribution < -0.4 is 0 Å². The summed E-state index contributed by atoms with van der Waals surface area (Å²) >= 11 is 3.44. The second-order valence-corrected chi connectivity index (χ2v) is 6.86. The van der Waals surface area contributed by atoms with Crippen molar-refractivity contribution in [3.63, 3.8) is 0 Å². The third-order valence-electron chi connectivity index (χ3n) is 3.01. The average molecular weight is 350 g/mol. The van der Waals surface area contributed by atoms with Crippen LogP contribution in [0.5, 0.6) is 0 Å². The molecule has 21 heavy (non-hydrogen) atoms. The van der Waals surface area contributed by atoms with Gasteiger partial charge in [0.15, 0.2) is 0 Å². The lowest BCUT2D eigenvalue weighted by molar-refractivity contribution is 0.0540. The second kappa shape index (κ2) is 6.06. The number of hydrogen-bond acceptors (Lipinski definition) is 2. The number of aromatic nitrogens is 1. The lowest BCUT2D eigenvalue weighted by Crippen LogP contribution is -2.27. The van der Waals surface area contributed by atoms with E-state index >= 15 is 0 Å². The van der Waals surface area contributed by atoms with E-state index in [1.54, 1.807) is 10.8 Å². The van der Waals surface area contributed by atoms with Crippen molar-refractivity contribution in [3.05, 3.63) is 46.6 Å². The van der Waals surface area contributed by atoms with E-state index in [4.69, 9.17) is 4.74 Å². The van der Waals surface area contributed by atoms with E-state index in [0.717, 1.165) is 22.2 Å². The Kier molecular flexibility index (Phi) is 4.57. The number of halogens is 1. The smallest absolute Gasteiger partial charge is 0.419 e. The van der Waals surface area contributed by atoms with Gasteiger partial charge in [0.25, 0.3) is 0 Å². The average Bonchev–Trinajstić information content (AvgIpc) is 2.79. The van der Waals surface area contributed by atoms with Crippen molar-refractivity contribution in [1.29, 1.82) is 0 Å². The normalized spacial score (nSPS) is 11.5. The summed E-state index contributed by atoms with van der Waals surface area (Å²) in [5.74, 6) is 0. The molecule has 0 fully saturated rings. The molecule has 2 rings (SSSR count). The van der Waals surface area contributed by atoms with Gasteiger partial charge in [0, 0.05) is 10.7 Å². The van der Waals surface area contributed by atoms with Crippen LogP contribution in [0.25, 0.3) is 11.3 Å². The van der Waals surface area contributed by atoms with Crippen LogP contribution in [0, 0.1) is 0 Å². The van der Waals surface area contributed by atoms with Crippen molar-refractivity contribution in [2.75, 3.05) is 0 Å². The number of ether oxygens (including phenoxy) is 1. The first-order valence-corrected chi connectivity index (χ1v) is 7.80. The highest BCUT2D eigenvalue weighted by molar-refractivity contribution is 9.10. The number of benzene rings is 1. The summed E-state index contributed by atoms with van der Waals surface area (Å²) < 4.78 is 7.86. The van der Waals surface area contributed by atoms with Gasteiger partial charge < -0.3 is 4.74 Å². The Balaban J connectivity index is 2.43. The standard InChI is InChI=1S/C17H20BrNO2/c1-5-12-7-6-8-13(9-12)15-10-14(18)11-19(15)16(20)21-17(2,3)4/h6-11H,5H2,1-4H3.